The first-order valence-corrected chi connectivity index (χ1v) is 10.6. The van der Waals surface area contributed by atoms with E-state index in [9.17, 15) is 9.59 Å². The number of nitrogens with one attached hydrogen (secondary N) is 1. The number of nitrogens with zero attached hydrogens (tertiary/aromatic N) is 1. The Kier molecular flexibility index (Phi) is 8.40. The number of rotatable bonds is 9. The van der Waals surface area contributed by atoms with Crippen molar-refractivity contribution in [3.63, 3.8) is 0 Å². The first kappa shape index (κ1) is 23.0. The second-order valence-electron chi connectivity index (χ2n) is 6.86. The van der Waals surface area contributed by atoms with Gasteiger partial charge in [-0.2, -0.15) is 5.10 Å². The van der Waals surface area contributed by atoms with Crippen molar-refractivity contribution in [3.8, 4) is 11.5 Å². The number of hydrogen-bond acceptors (Lipinski definition) is 5. The molecule has 0 radical (unpaired) electrons. The third kappa shape index (κ3) is 6.68. The van der Waals surface area contributed by atoms with Crippen LogP contribution in [0.3, 0.4) is 0 Å². The lowest BCUT2D eigenvalue weighted by atomic mass is 10.2. The Morgan fingerprint density at radius 2 is 1.66 bits per heavy atom. The van der Waals surface area contributed by atoms with Gasteiger partial charge in [0.25, 0.3) is 5.91 Å². The monoisotopic (exact) mass is 450 g/mol. The topological polar surface area (TPSA) is 77.0 Å². The molecular formula is C25H23ClN2O4. The Balaban J connectivity index is 1.60. The average molecular weight is 451 g/mol. The van der Waals surface area contributed by atoms with Crippen LogP contribution in [0.15, 0.2) is 77.9 Å². The van der Waals surface area contributed by atoms with Gasteiger partial charge in [0.1, 0.15) is 11.5 Å². The van der Waals surface area contributed by atoms with Crippen molar-refractivity contribution in [2.45, 2.75) is 19.8 Å². The highest BCUT2D eigenvalue weighted by Crippen LogP contribution is 2.19. The van der Waals surface area contributed by atoms with Crippen LogP contribution in [-0.4, -0.2) is 24.7 Å². The largest absolute Gasteiger partial charge is 0.494 e. The summed E-state index contributed by atoms with van der Waals surface area (Å²) in [5, 5.41) is 4.52. The molecule has 0 fully saturated rings. The van der Waals surface area contributed by atoms with Gasteiger partial charge in [-0.3, -0.25) is 4.79 Å². The quantitative estimate of drug-likeness (QED) is 0.153. The summed E-state index contributed by atoms with van der Waals surface area (Å²) in [6.45, 7) is 2.74. The molecule has 0 saturated heterocycles. The van der Waals surface area contributed by atoms with E-state index in [0.29, 0.717) is 34.1 Å². The standard InChI is InChI=1S/C25H23ClN2O4/c1-2-3-16-31-22-14-10-18(11-15-22)24(29)28-27-17-20-6-4-5-7-23(20)32-25(30)19-8-12-21(26)13-9-19/h4-15,17H,2-3,16H2,1H3,(H,28,29)/b27-17-. The maximum absolute atomic E-state index is 12.4. The molecule has 7 heteroatoms. The molecule has 0 unspecified atom stereocenters. The van der Waals surface area contributed by atoms with Gasteiger partial charge in [0.15, 0.2) is 0 Å². The van der Waals surface area contributed by atoms with Crippen LogP contribution in [0.2, 0.25) is 5.02 Å². The average Bonchev–Trinajstić information content (AvgIpc) is 2.81. The molecule has 0 atom stereocenters. The molecule has 0 bridgehead atoms. The van der Waals surface area contributed by atoms with Crippen molar-refractivity contribution in [1.82, 2.24) is 5.43 Å². The molecule has 0 aromatic heterocycles. The van der Waals surface area contributed by atoms with Crippen molar-refractivity contribution in [2.24, 2.45) is 5.10 Å². The van der Waals surface area contributed by atoms with Gasteiger partial charge in [-0.15, -0.1) is 0 Å². The number of halogens is 1. The number of ether oxygens (including phenoxy) is 2. The van der Waals surface area contributed by atoms with E-state index in [1.54, 1.807) is 72.8 Å². The second kappa shape index (κ2) is 11.7. The van der Waals surface area contributed by atoms with Gasteiger partial charge in [0.05, 0.1) is 18.4 Å². The summed E-state index contributed by atoms with van der Waals surface area (Å²) in [5.41, 5.74) is 3.83. The molecule has 0 spiro atoms. The Morgan fingerprint density at radius 3 is 2.38 bits per heavy atom. The summed E-state index contributed by atoms with van der Waals surface area (Å²) in [6.07, 6.45) is 3.46. The van der Waals surface area contributed by atoms with Gasteiger partial charge < -0.3 is 9.47 Å². The molecular weight excluding hydrogens is 428 g/mol. The number of esters is 1. The minimum atomic E-state index is -0.521. The van der Waals surface area contributed by atoms with Gasteiger partial charge in [0.2, 0.25) is 0 Å². The van der Waals surface area contributed by atoms with Crippen molar-refractivity contribution >= 4 is 29.7 Å². The molecule has 164 valence electrons. The summed E-state index contributed by atoms with van der Waals surface area (Å²) in [7, 11) is 0. The smallest absolute Gasteiger partial charge is 0.343 e. The van der Waals surface area contributed by atoms with E-state index in [4.69, 9.17) is 21.1 Å². The van der Waals surface area contributed by atoms with Crippen molar-refractivity contribution in [3.05, 3.63) is 94.5 Å². The lowest BCUT2D eigenvalue weighted by Crippen LogP contribution is -2.17. The summed E-state index contributed by atoms with van der Waals surface area (Å²) >= 11 is 5.85. The molecule has 1 amide bonds. The molecule has 3 aromatic carbocycles. The fourth-order valence-corrected chi connectivity index (χ4v) is 2.81. The number of amides is 1. The van der Waals surface area contributed by atoms with Crippen LogP contribution in [0, 0.1) is 0 Å². The zero-order valence-corrected chi connectivity index (χ0v) is 18.3. The Labute approximate surface area is 191 Å². The third-order valence-corrected chi connectivity index (χ3v) is 4.71. The predicted octanol–water partition coefficient (Wildman–Crippen LogP) is 5.50. The third-order valence-electron chi connectivity index (χ3n) is 4.45. The van der Waals surface area contributed by atoms with E-state index in [1.165, 1.54) is 6.21 Å². The fraction of sp³-hybridized carbons (Fsp3) is 0.160. The first-order chi connectivity index (χ1) is 15.6. The Morgan fingerprint density at radius 1 is 0.969 bits per heavy atom. The van der Waals surface area contributed by atoms with Crippen LogP contribution in [0.1, 0.15) is 46.0 Å². The zero-order valence-electron chi connectivity index (χ0n) is 17.6. The molecule has 6 nitrogen and oxygen atoms in total. The van der Waals surface area contributed by atoms with E-state index >= 15 is 0 Å². The molecule has 0 saturated carbocycles. The summed E-state index contributed by atoms with van der Waals surface area (Å²) in [5.74, 6) is 0.152. The summed E-state index contributed by atoms with van der Waals surface area (Å²) in [4.78, 5) is 24.7. The molecule has 1 N–H and O–H groups in total. The number of unbranched alkanes of at least 4 members (excludes halogenated alkanes) is 1. The molecule has 0 aliphatic heterocycles. The molecule has 3 rings (SSSR count). The molecule has 0 aliphatic rings. The molecule has 0 heterocycles. The van der Waals surface area contributed by atoms with Crippen LogP contribution in [0.4, 0.5) is 0 Å². The number of carbonyl (C=O) groups is 2. The van der Waals surface area contributed by atoms with E-state index < -0.39 is 5.97 Å². The van der Waals surface area contributed by atoms with E-state index in [0.717, 1.165) is 18.6 Å². The molecule has 32 heavy (non-hydrogen) atoms. The lowest BCUT2D eigenvalue weighted by molar-refractivity contribution is 0.0734. The first-order valence-electron chi connectivity index (χ1n) is 10.2. The number of carbonyl (C=O) groups excluding carboxylic acids is 2. The van der Waals surface area contributed by atoms with Crippen LogP contribution in [-0.2, 0) is 0 Å². The fourth-order valence-electron chi connectivity index (χ4n) is 2.69. The van der Waals surface area contributed by atoms with Gasteiger partial charge in [-0.1, -0.05) is 37.1 Å². The van der Waals surface area contributed by atoms with E-state index in [1.807, 2.05) is 0 Å². The van der Waals surface area contributed by atoms with Gasteiger partial charge in [-0.25, -0.2) is 10.2 Å². The Hall–Kier alpha value is -3.64. The minimum absolute atomic E-state index is 0.319. The Bertz CT molecular complexity index is 1080. The maximum Gasteiger partial charge on any atom is 0.343 e. The van der Waals surface area contributed by atoms with Crippen molar-refractivity contribution in [1.29, 1.82) is 0 Å². The SMILES string of the molecule is CCCCOc1ccc(C(=O)N/N=C\c2ccccc2OC(=O)c2ccc(Cl)cc2)cc1. The van der Waals surface area contributed by atoms with E-state index in [-0.39, 0.29) is 5.91 Å². The highest BCUT2D eigenvalue weighted by atomic mass is 35.5. The van der Waals surface area contributed by atoms with Crippen LogP contribution in [0.5, 0.6) is 11.5 Å². The van der Waals surface area contributed by atoms with Gasteiger partial charge in [-0.05, 0) is 67.1 Å². The highest BCUT2D eigenvalue weighted by Gasteiger charge is 2.11. The molecule has 3 aromatic rings. The van der Waals surface area contributed by atoms with Crippen molar-refractivity contribution < 1.29 is 19.1 Å². The number of para-hydroxylation sites is 1. The van der Waals surface area contributed by atoms with Crippen LogP contribution in [0.25, 0.3) is 0 Å². The van der Waals surface area contributed by atoms with Crippen molar-refractivity contribution in [2.75, 3.05) is 6.61 Å². The number of hydrazone groups is 1. The zero-order chi connectivity index (χ0) is 22.8. The van der Waals surface area contributed by atoms with Gasteiger partial charge in [0, 0.05) is 16.1 Å². The second-order valence-corrected chi connectivity index (χ2v) is 7.30. The lowest BCUT2D eigenvalue weighted by Gasteiger charge is -2.07. The van der Waals surface area contributed by atoms with Gasteiger partial charge >= 0.3 is 5.97 Å². The maximum atomic E-state index is 12.4. The normalized spacial score (nSPS) is 10.7. The highest BCUT2D eigenvalue weighted by molar-refractivity contribution is 6.30. The minimum Gasteiger partial charge on any atom is -0.494 e. The predicted molar refractivity (Wildman–Crippen MR) is 125 cm³/mol. The van der Waals surface area contributed by atoms with Crippen LogP contribution < -0.4 is 14.9 Å². The number of benzene rings is 3. The summed E-state index contributed by atoms with van der Waals surface area (Å²) < 4.78 is 11.1. The van der Waals surface area contributed by atoms with E-state index in [2.05, 4.69) is 17.5 Å². The van der Waals surface area contributed by atoms with Crippen LogP contribution >= 0.6 is 11.6 Å². The number of hydrogen-bond donors (Lipinski definition) is 1. The summed E-state index contributed by atoms with van der Waals surface area (Å²) in [6, 6.07) is 20.1. The molecule has 0 aliphatic carbocycles.